The van der Waals surface area contributed by atoms with Gasteiger partial charge in [0.05, 0.1) is 16.6 Å². The van der Waals surface area contributed by atoms with E-state index in [9.17, 15) is 31.5 Å². The first kappa shape index (κ1) is 26.8. The molecule has 5 nitrogen and oxygen atoms in total. The lowest BCUT2D eigenvalue weighted by Gasteiger charge is -2.61. The molecule has 40 heavy (non-hydrogen) atoms. The largest absolute Gasteiger partial charge is 0.405 e. The zero-order chi connectivity index (χ0) is 28.7. The second kappa shape index (κ2) is 8.78. The minimum Gasteiger partial charge on any atom is -0.361 e. The lowest BCUT2D eigenvalue weighted by atomic mass is 9.46. The van der Waals surface area contributed by atoms with Gasteiger partial charge in [0, 0.05) is 25.1 Å². The van der Waals surface area contributed by atoms with E-state index in [2.05, 4.69) is 10.3 Å². The van der Waals surface area contributed by atoms with Crippen LogP contribution in [0.15, 0.2) is 41.3 Å². The summed E-state index contributed by atoms with van der Waals surface area (Å²) in [6, 6.07) is 4.83. The maximum atomic E-state index is 15.5. The van der Waals surface area contributed by atoms with Gasteiger partial charge in [-0.2, -0.15) is 13.2 Å². The third-order valence-corrected chi connectivity index (χ3v) is 8.37. The highest BCUT2D eigenvalue weighted by atomic mass is 19.4. The van der Waals surface area contributed by atoms with Gasteiger partial charge in [0.15, 0.2) is 11.4 Å². The molecule has 0 saturated heterocycles. The number of pyridine rings is 2. The molecule has 2 aromatic heterocycles. The van der Waals surface area contributed by atoms with E-state index in [0.29, 0.717) is 12.5 Å². The lowest BCUT2D eigenvalue weighted by Crippen LogP contribution is -2.60. The van der Waals surface area contributed by atoms with Crippen molar-refractivity contribution in [3.8, 4) is 5.69 Å². The zero-order valence-corrected chi connectivity index (χ0v) is 21.1. The molecule has 3 aromatic rings. The van der Waals surface area contributed by atoms with Crippen LogP contribution >= 0.6 is 0 Å². The second-order valence-electron chi connectivity index (χ2n) is 11.8. The molecule has 4 aliphatic carbocycles. The third-order valence-electron chi connectivity index (χ3n) is 8.37. The van der Waals surface area contributed by atoms with Crippen molar-refractivity contribution in [1.82, 2.24) is 9.55 Å². The number of anilines is 1. The predicted octanol–water partition coefficient (Wildman–Crippen LogP) is 6.61. The van der Waals surface area contributed by atoms with Crippen LogP contribution in [-0.4, -0.2) is 39.4 Å². The Labute approximate surface area is 223 Å². The van der Waals surface area contributed by atoms with Gasteiger partial charge in [0.2, 0.25) is 5.43 Å². The molecule has 212 valence electrons. The van der Waals surface area contributed by atoms with Gasteiger partial charge < -0.3 is 5.32 Å². The first-order valence-corrected chi connectivity index (χ1v) is 12.9. The van der Waals surface area contributed by atoms with Gasteiger partial charge in [0.1, 0.15) is 35.3 Å². The number of benzene rings is 1. The number of aromatic nitrogens is 2. The summed E-state index contributed by atoms with van der Waals surface area (Å²) >= 11 is 0. The van der Waals surface area contributed by atoms with Crippen LogP contribution in [0.3, 0.4) is 0 Å². The third kappa shape index (κ3) is 4.75. The van der Waals surface area contributed by atoms with Crippen LogP contribution < -0.4 is 10.7 Å². The molecule has 4 aliphatic rings. The average molecular weight is 568 g/mol. The number of carbonyl (C=O) groups excluding carboxylic acids is 1. The molecule has 0 amide bonds. The standard InChI is InChI=1S/C28H24F7N3O2/c29-16-1-3-20(19(30)5-16)38-10-18(23(40)17-2-4-22(37-24(17)38)36-14-28(33,34)35)21(39)9-25-6-15-7-26(31,11-25)13-27(32,8-15)12-25/h1-5,10,15H,6-9,11-14H2,(H,36,37). The van der Waals surface area contributed by atoms with E-state index in [1.807, 2.05) is 0 Å². The first-order chi connectivity index (χ1) is 18.7. The van der Waals surface area contributed by atoms with Crippen LogP contribution in [0.25, 0.3) is 16.7 Å². The smallest absolute Gasteiger partial charge is 0.361 e. The molecule has 1 N–H and O–H groups in total. The zero-order valence-electron chi connectivity index (χ0n) is 21.1. The van der Waals surface area contributed by atoms with Crippen LogP contribution in [0, 0.1) is 23.0 Å². The summed E-state index contributed by atoms with van der Waals surface area (Å²) in [5.74, 6) is -3.12. The summed E-state index contributed by atoms with van der Waals surface area (Å²) in [7, 11) is 0. The van der Waals surface area contributed by atoms with Crippen LogP contribution in [-0.2, 0) is 0 Å². The molecule has 4 fully saturated rings. The summed E-state index contributed by atoms with van der Waals surface area (Å²) in [6.45, 7) is -1.42. The van der Waals surface area contributed by atoms with Gasteiger partial charge in [-0.3, -0.25) is 14.2 Å². The van der Waals surface area contributed by atoms with Crippen molar-refractivity contribution in [2.24, 2.45) is 11.3 Å². The number of Topliss-reactive ketones (excluding diaryl/α,β-unsaturated/α-hetero) is 1. The summed E-state index contributed by atoms with van der Waals surface area (Å²) in [5, 5.41) is 1.89. The minimum absolute atomic E-state index is 0.0120. The molecule has 4 bridgehead atoms. The maximum Gasteiger partial charge on any atom is 0.405 e. The first-order valence-electron chi connectivity index (χ1n) is 12.9. The fourth-order valence-corrected chi connectivity index (χ4v) is 7.58. The number of hydrogen-bond acceptors (Lipinski definition) is 4. The Morgan fingerprint density at radius 2 is 1.73 bits per heavy atom. The number of nitrogens with zero attached hydrogens (tertiary/aromatic N) is 2. The van der Waals surface area contributed by atoms with Crippen molar-refractivity contribution in [2.75, 3.05) is 11.9 Å². The van der Waals surface area contributed by atoms with Crippen LogP contribution in [0.2, 0.25) is 0 Å². The Bertz CT molecular complexity index is 1580. The summed E-state index contributed by atoms with van der Waals surface area (Å²) in [6.07, 6.45) is -3.06. The van der Waals surface area contributed by atoms with E-state index in [0.717, 1.165) is 35.0 Å². The highest BCUT2D eigenvalue weighted by Crippen LogP contribution is 2.66. The Balaban J connectivity index is 1.44. The van der Waals surface area contributed by atoms with Gasteiger partial charge in [-0.1, -0.05) is 0 Å². The fraction of sp³-hybridized carbons (Fsp3) is 0.464. The number of nitrogens with one attached hydrogen (secondary N) is 1. The number of fused-ring (bicyclic) bond motifs is 1. The summed E-state index contributed by atoms with van der Waals surface area (Å²) in [5.41, 5.74) is -6.14. The normalized spacial score (nSPS) is 29.2. The Morgan fingerprint density at radius 1 is 1.02 bits per heavy atom. The van der Waals surface area contributed by atoms with Crippen molar-refractivity contribution in [3.63, 3.8) is 0 Å². The fourth-order valence-electron chi connectivity index (χ4n) is 7.58. The van der Waals surface area contributed by atoms with E-state index in [1.165, 1.54) is 0 Å². The van der Waals surface area contributed by atoms with Gasteiger partial charge in [-0.15, -0.1) is 0 Å². The van der Waals surface area contributed by atoms with Crippen LogP contribution in [0.1, 0.15) is 55.3 Å². The molecule has 2 atom stereocenters. The number of rotatable bonds is 6. The Hall–Kier alpha value is -3.44. The highest BCUT2D eigenvalue weighted by molar-refractivity contribution is 5.99. The molecule has 2 unspecified atom stereocenters. The molecule has 12 heteroatoms. The minimum atomic E-state index is -4.57. The predicted molar refractivity (Wildman–Crippen MR) is 132 cm³/mol. The summed E-state index contributed by atoms with van der Waals surface area (Å²) in [4.78, 5) is 31.2. The number of ketones is 1. The molecular weight excluding hydrogens is 543 g/mol. The van der Waals surface area contributed by atoms with Crippen LogP contribution in [0.5, 0.6) is 0 Å². The summed E-state index contributed by atoms with van der Waals surface area (Å²) < 4.78 is 98.7. The van der Waals surface area contributed by atoms with Crippen molar-refractivity contribution in [2.45, 2.75) is 62.5 Å². The quantitative estimate of drug-likeness (QED) is 0.269. The van der Waals surface area contributed by atoms with E-state index in [1.54, 1.807) is 0 Å². The van der Waals surface area contributed by atoms with Crippen molar-refractivity contribution in [1.29, 1.82) is 0 Å². The topological polar surface area (TPSA) is 64.0 Å². The molecule has 4 saturated carbocycles. The molecule has 7 rings (SSSR count). The van der Waals surface area contributed by atoms with E-state index >= 15 is 8.78 Å². The Kier molecular flexibility index (Phi) is 5.87. The van der Waals surface area contributed by atoms with Crippen molar-refractivity contribution in [3.05, 3.63) is 63.9 Å². The highest BCUT2D eigenvalue weighted by Gasteiger charge is 2.64. The number of alkyl halides is 5. The van der Waals surface area contributed by atoms with Crippen molar-refractivity contribution < 1.29 is 35.5 Å². The number of hydrogen-bond donors (Lipinski definition) is 1. The molecule has 2 heterocycles. The lowest BCUT2D eigenvalue weighted by molar-refractivity contribution is -0.173. The van der Waals surface area contributed by atoms with E-state index < -0.39 is 52.3 Å². The van der Waals surface area contributed by atoms with Gasteiger partial charge in [-0.05, 0) is 67.7 Å². The van der Waals surface area contributed by atoms with Gasteiger partial charge in [0.25, 0.3) is 0 Å². The second-order valence-corrected chi connectivity index (χ2v) is 11.8. The molecule has 1 aromatic carbocycles. The van der Waals surface area contributed by atoms with E-state index in [4.69, 9.17) is 0 Å². The molecule has 0 spiro atoms. The van der Waals surface area contributed by atoms with Gasteiger partial charge >= 0.3 is 6.18 Å². The molecule has 0 aliphatic heterocycles. The Morgan fingerprint density at radius 3 is 2.35 bits per heavy atom. The molecule has 0 radical (unpaired) electrons. The number of halogens is 7. The van der Waals surface area contributed by atoms with Crippen molar-refractivity contribution >= 4 is 22.6 Å². The maximum absolute atomic E-state index is 15.5. The number of carbonyl (C=O) groups is 1. The monoisotopic (exact) mass is 567 g/mol. The van der Waals surface area contributed by atoms with Gasteiger partial charge in [-0.25, -0.2) is 22.5 Å². The van der Waals surface area contributed by atoms with E-state index in [-0.39, 0.29) is 72.5 Å². The SMILES string of the molecule is O=C(CC12CC3CC(F)(CC(F)(C3)C1)C2)c1cn(-c2ccc(F)cc2F)c2nc(NCC(F)(F)F)ccc2c1=O. The molecular formula is C28H24F7N3O2. The van der Waals surface area contributed by atoms with Crippen LogP contribution in [0.4, 0.5) is 36.6 Å². The average Bonchev–Trinajstić information content (AvgIpc) is 2.80.